The quantitative estimate of drug-likeness (QED) is 0.425. The SMILES string of the molecule is O=C(Nc1cc(C(F)(F)F)cc(C(F)(F)F)c1)c1cc(Cl)ccc1OP(=O)(O)C1=NC1. The van der Waals surface area contributed by atoms with E-state index in [9.17, 15) is 40.6 Å². The van der Waals surface area contributed by atoms with E-state index in [4.69, 9.17) is 16.1 Å². The van der Waals surface area contributed by atoms with E-state index in [0.29, 0.717) is 12.1 Å². The molecule has 0 radical (unpaired) electrons. The third-order valence-electron chi connectivity index (χ3n) is 3.88. The molecule has 166 valence electrons. The molecule has 14 heteroatoms. The third-order valence-corrected chi connectivity index (χ3v) is 5.49. The second-order valence-electron chi connectivity index (χ2n) is 6.23. The zero-order chi connectivity index (χ0) is 23.2. The molecular weight excluding hydrogens is 477 g/mol. The average molecular weight is 487 g/mol. The van der Waals surface area contributed by atoms with Gasteiger partial charge in [0.05, 0.1) is 23.2 Å². The molecule has 31 heavy (non-hydrogen) atoms. The number of nitrogens with zero attached hydrogens (tertiary/aromatic N) is 1. The standard InChI is InChI=1S/C17H10ClF6N2O4P/c18-10-1-2-13(30-31(28,29)14-7-25-14)12(6-10)15(27)26-11-4-8(16(19,20)21)3-9(5-11)17(22,23)24/h1-6H,7H2,(H,26,27)(H,28,29). The lowest BCUT2D eigenvalue weighted by Gasteiger charge is -2.16. The summed E-state index contributed by atoms with van der Waals surface area (Å²) in [6, 6.07) is 3.76. The molecule has 0 aliphatic carbocycles. The monoisotopic (exact) mass is 486 g/mol. The molecule has 1 atom stereocenters. The Bertz CT molecular complexity index is 1100. The van der Waals surface area contributed by atoms with Crippen LogP contribution in [0.2, 0.25) is 5.02 Å². The summed E-state index contributed by atoms with van der Waals surface area (Å²) in [6.45, 7) is -0.0205. The van der Waals surface area contributed by atoms with E-state index in [2.05, 4.69) is 4.99 Å². The van der Waals surface area contributed by atoms with E-state index in [1.54, 1.807) is 0 Å². The number of hydrogen-bond acceptors (Lipinski definition) is 4. The number of benzene rings is 2. The molecule has 3 rings (SSSR count). The summed E-state index contributed by atoms with van der Waals surface area (Å²) in [6.07, 6.45) is -10.2. The van der Waals surface area contributed by atoms with Crippen molar-refractivity contribution in [2.75, 3.05) is 11.9 Å². The zero-order valence-corrected chi connectivity index (χ0v) is 16.5. The number of nitrogens with one attached hydrogen (secondary N) is 1. The Morgan fingerprint density at radius 1 is 1.06 bits per heavy atom. The summed E-state index contributed by atoms with van der Waals surface area (Å²) in [5.74, 6) is -1.69. The van der Waals surface area contributed by atoms with Crippen molar-refractivity contribution >= 4 is 36.2 Å². The van der Waals surface area contributed by atoms with E-state index >= 15 is 0 Å². The zero-order valence-electron chi connectivity index (χ0n) is 14.9. The van der Waals surface area contributed by atoms with Gasteiger partial charge in [0.2, 0.25) is 0 Å². The van der Waals surface area contributed by atoms with Crippen LogP contribution in [-0.2, 0) is 16.9 Å². The lowest BCUT2D eigenvalue weighted by molar-refractivity contribution is -0.143. The minimum atomic E-state index is -5.11. The fourth-order valence-electron chi connectivity index (χ4n) is 2.38. The largest absolute Gasteiger partial charge is 0.423 e. The molecule has 0 fully saturated rings. The minimum Gasteiger partial charge on any atom is -0.420 e. The second-order valence-corrected chi connectivity index (χ2v) is 8.41. The van der Waals surface area contributed by atoms with Gasteiger partial charge in [-0.15, -0.1) is 0 Å². The number of anilines is 1. The van der Waals surface area contributed by atoms with Gasteiger partial charge in [0.1, 0.15) is 5.75 Å². The lowest BCUT2D eigenvalue weighted by atomic mass is 10.1. The highest BCUT2D eigenvalue weighted by Crippen LogP contribution is 2.49. The molecule has 0 spiro atoms. The highest BCUT2D eigenvalue weighted by atomic mass is 35.5. The van der Waals surface area contributed by atoms with Gasteiger partial charge in [-0.2, -0.15) is 26.3 Å². The Kier molecular flexibility index (Phi) is 5.85. The number of rotatable bonds is 5. The fourth-order valence-corrected chi connectivity index (χ4v) is 3.52. The van der Waals surface area contributed by atoms with Gasteiger partial charge in [0, 0.05) is 10.7 Å². The number of alkyl halides is 6. The van der Waals surface area contributed by atoms with E-state index in [-0.39, 0.29) is 23.1 Å². The smallest absolute Gasteiger partial charge is 0.420 e. The third kappa shape index (κ3) is 5.57. The number of amides is 1. The first kappa shape index (κ1) is 23.1. The van der Waals surface area contributed by atoms with Crippen molar-refractivity contribution in [1.29, 1.82) is 0 Å². The molecule has 6 nitrogen and oxygen atoms in total. The van der Waals surface area contributed by atoms with Crippen molar-refractivity contribution in [3.8, 4) is 5.75 Å². The number of aliphatic imine (C=N–C) groups is 1. The molecular formula is C17H10ClF6N2O4P. The van der Waals surface area contributed by atoms with Crippen molar-refractivity contribution in [3.63, 3.8) is 0 Å². The van der Waals surface area contributed by atoms with Crippen LogP contribution in [0, 0.1) is 0 Å². The molecule has 1 aliphatic rings. The van der Waals surface area contributed by atoms with Crippen LogP contribution in [0.4, 0.5) is 32.0 Å². The first-order valence-corrected chi connectivity index (χ1v) is 10.1. The first-order valence-electron chi connectivity index (χ1n) is 8.13. The van der Waals surface area contributed by atoms with Crippen molar-refractivity contribution in [2.45, 2.75) is 12.4 Å². The summed E-state index contributed by atoms with van der Waals surface area (Å²) in [5, 5.41) is 1.86. The molecule has 1 heterocycles. The molecule has 0 saturated heterocycles. The van der Waals surface area contributed by atoms with Crippen LogP contribution in [0.25, 0.3) is 0 Å². The maximum atomic E-state index is 13.0. The van der Waals surface area contributed by atoms with Crippen LogP contribution >= 0.6 is 19.2 Å². The average Bonchev–Trinajstić information content (AvgIpc) is 3.47. The number of carbonyl (C=O) groups excluding carboxylic acids is 1. The van der Waals surface area contributed by atoms with Crippen molar-refractivity contribution in [2.24, 2.45) is 4.99 Å². The van der Waals surface area contributed by atoms with Gasteiger partial charge in [0.15, 0.2) is 5.45 Å². The Morgan fingerprint density at radius 2 is 1.61 bits per heavy atom. The van der Waals surface area contributed by atoms with Gasteiger partial charge in [-0.3, -0.25) is 9.79 Å². The highest BCUT2D eigenvalue weighted by Gasteiger charge is 2.38. The molecule has 0 saturated carbocycles. The van der Waals surface area contributed by atoms with Crippen LogP contribution in [-0.4, -0.2) is 22.8 Å². The molecule has 0 bridgehead atoms. The van der Waals surface area contributed by atoms with Crippen LogP contribution in [0.5, 0.6) is 5.75 Å². The van der Waals surface area contributed by atoms with Gasteiger partial charge < -0.3 is 14.7 Å². The summed E-state index contributed by atoms with van der Waals surface area (Å²) < 4.78 is 94.9. The van der Waals surface area contributed by atoms with Gasteiger partial charge in [0.25, 0.3) is 5.91 Å². The van der Waals surface area contributed by atoms with E-state index < -0.39 is 54.0 Å². The van der Waals surface area contributed by atoms with Gasteiger partial charge >= 0.3 is 19.9 Å². The van der Waals surface area contributed by atoms with Crippen molar-refractivity contribution in [1.82, 2.24) is 0 Å². The predicted molar refractivity (Wildman–Crippen MR) is 98.6 cm³/mol. The molecule has 1 aliphatic heterocycles. The normalized spacial score (nSPS) is 15.7. The number of carbonyl (C=O) groups is 1. The number of hydrogen-bond donors (Lipinski definition) is 2. The van der Waals surface area contributed by atoms with E-state index in [1.165, 1.54) is 6.07 Å². The summed E-state index contributed by atoms with van der Waals surface area (Å²) in [5.41, 5.74) is -4.72. The van der Waals surface area contributed by atoms with Crippen LogP contribution in [0.15, 0.2) is 41.4 Å². The Hall–Kier alpha value is -2.56. The first-order chi connectivity index (χ1) is 14.2. The molecule has 0 aromatic heterocycles. The number of halogens is 7. The topological polar surface area (TPSA) is 88.0 Å². The van der Waals surface area contributed by atoms with Gasteiger partial charge in [-0.05, 0) is 36.4 Å². The van der Waals surface area contributed by atoms with E-state index in [0.717, 1.165) is 12.1 Å². The van der Waals surface area contributed by atoms with Crippen molar-refractivity contribution < 1.29 is 45.1 Å². The van der Waals surface area contributed by atoms with Crippen molar-refractivity contribution in [3.05, 3.63) is 58.1 Å². The Balaban J connectivity index is 1.97. The molecule has 2 N–H and O–H groups in total. The lowest BCUT2D eigenvalue weighted by Crippen LogP contribution is -2.16. The van der Waals surface area contributed by atoms with E-state index in [1.807, 2.05) is 5.32 Å². The van der Waals surface area contributed by atoms with Crippen LogP contribution in [0.3, 0.4) is 0 Å². The predicted octanol–water partition coefficient (Wildman–Crippen LogP) is 5.61. The molecule has 1 amide bonds. The second kappa shape index (κ2) is 7.85. The van der Waals surface area contributed by atoms with Gasteiger partial charge in [-0.1, -0.05) is 11.6 Å². The highest BCUT2D eigenvalue weighted by molar-refractivity contribution is 7.72. The fraction of sp³-hybridized carbons (Fsp3) is 0.176. The summed E-state index contributed by atoms with van der Waals surface area (Å²) in [4.78, 5) is 25.9. The Morgan fingerprint density at radius 3 is 2.10 bits per heavy atom. The summed E-state index contributed by atoms with van der Waals surface area (Å²) >= 11 is 5.79. The van der Waals surface area contributed by atoms with Crippen LogP contribution in [0.1, 0.15) is 21.5 Å². The summed E-state index contributed by atoms with van der Waals surface area (Å²) in [7, 11) is -4.37. The maximum Gasteiger partial charge on any atom is 0.423 e. The molecule has 2 aromatic carbocycles. The Labute approximate surface area is 175 Å². The minimum absolute atomic E-state index is 0.0205. The molecule has 2 aromatic rings. The van der Waals surface area contributed by atoms with Crippen LogP contribution < -0.4 is 9.84 Å². The maximum absolute atomic E-state index is 13.0. The molecule has 1 unspecified atom stereocenters. The van der Waals surface area contributed by atoms with Gasteiger partial charge in [-0.25, -0.2) is 4.57 Å².